The van der Waals surface area contributed by atoms with E-state index in [-0.39, 0.29) is 0 Å². The number of rotatable bonds is 6. The minimum atomic E-state index is -0.811. The summed E-state index contributed by atoms with van der Waals surface area (Å²) in [5.74, 6) is 6.30. The van der Waals surface area contributed by atoms with Gasteiger partial charge in [-0.2, -0.15) is 0 Å². The molecule has 0 heterocycles. The van der Waals surface area contributed by atoms with Crippen LogP contribution in [0.25, 0.3) is 0 Å². The van der Waals surface area contributed by atoms with Crippen LogP contribution in [-0.4, -0.2) is 10.7 Å². The quantitative estimate of drug-likeness (QED) is 0.747. The molecular weight excluding hydrogens is 232 g/mol. The van der Waals surface area contributed by atoms with E-state index in [1.54, 1.807) is 0 Å². The number of hydrogen-bond acceptors (Lipinski definition) is 1. The van der Waals surface area contributed by atoms with Crippen molar-refractivity contribution in [3.05, 3.63) is 35.4 Å². The molecule has 1 heteroatoms. The Morgan fingerprint density at radius 1 is 1.05 bits per heavy atom. The van der Waals surface area contributed by atoms with E-state index < -0.39 is 5.60 Å². The third-order valence-electron chi connectivity index (χ3n) is 3.46. The Kier molecular flexibility index (Phi) is 6.67. The largest absolute Gasteiger partial charge is 0.378 e. The molecule has 1 aromatic rings. The summed E-state index contributed by atoms with van der Waals surface area (Å²) in [5.41, 5.74) is 1.38. The van der Waals surface area contributed by atoms with Crippen molar-refractivity contribution in [2.75, 3.05) is 0 Å². The first-order chi connectivity index (χ1) is 9.11. The van der Waals surface area contributed by atoms with Crippen molar-refractivity contribution in [3.8, 4) is 11.8 Å². The third-order valence-corrected chi connectivity index (χ3v) is 3.46. The van der Waals surface area contributed by atoms with Gasteiger partial charge in [-0.25, -0.2) is 0 Å². The van der Waals surface area contributed by atoms with Crippen molar-refractivity contribution in [1.29, 1.82) is 0 Å². The van der Waals surface area contributed by atoms with E-state index in [9.17, 15) is 5.11 Å². The predicted molar refractivity (Wildman–Crippen MR) is 82.1 cm³/mol. The van der Waals surface area contributed by atoms with Gasteiger partial charge in [0.25, 0.3) is 0 Å². The summed E-state index contributed by atoms with van der Waals surface area (Å²) in [5, 5.41) is 10.7. The maximum Gasteiger partial charge on any atom is 0.125 e. The highest BCUT2D eigenvalue weighted by Gasteiger charge is 2.22. The molecule has 0 fully saturated rings. The lowest BCUT2D eigenvalue weighted by Gasteiger charge is -2.21. The Hall–Kier alpha value is -1.26. The van der Waals surface area contributed by atoms with Crippen LogP contribution < -0.4 is 0 Å². The Morgan fingerprint density at radius 3 is 2.16 bits per heavy atom. The summed E-state index contributed by atoms with van der Waals surface area (Å²) in [7, 11) is 0. The molecule has 1 aromatic carbocycles. The van der Waals surface area contributed by atoms with Crippen LogP contribution in [0.15, 0.2) is 24.3 Å². The SMILES string of the molecule is CCCCC(O)(C#Cc1ccccc1C)CCCC. The van der Waals surface area contributed by atoms with Gasteiger partial charge < -0.3 is 5.11 Å². The van der Waals surface area contributed by atoms with E-state index >= 15 is 0 Å². The molecule has 0 amide bonds. The highest BCUT2D eigenvalue weighted by atomic mass is 16.3. The molecule has 1 rings (SSSR count). The Morgan fingerprint density at radius 2 is 1.63 bits per heavy atom. The molecule has 104 valence electrons. The standard InChI is InChI=1S/C18H26O/c1-4-6-13-18(19,14-7-5-2)15-12-17-11-9-8-10-16(17)3/h8-11,19H,4-7,13-14H2,1-3H3. The smallest absolute Gasteiger partial charge is 0.125 e. The fraction of sp³-hybridized carbons (Fsp3) is 0.556. The van der Waals surface area contributed by atoms with E-state index in [0.717, 1.165) is 44.1 Å². The van der Waals surface area contributed by atoms with Crippen molar-refractivity contribution in [1.82, 2.24) is 0 Å². The molecule has 1 nitrogen and oxygen atoms in total. The van der Waals surface area contributed by atoms with Crippen LogP contribution in [0.2, 0.25) is 0 Å². The minimum Gasteiger partial charge on any atom is -0.378 e. The van der Waals surface area contributed by atoms with Gasteiger partial charge in [0, 0.05) is 5.56 Å². The van der Waals surface area contributed by atoms with E-state index in [4.69, 9.17) is 0 Å². The van der Waals surface area contributed by atoms with Gasteiger partial charge in [0.2, 0.25) is 0 Å². The fourth-order valence-corrected chi connectivity index (χ4v) is 2.09. The van der Waals surface area contributed by atoms with Crippen LogP contribution in [0.1, 0.15) is 63.5 Å². The summed E-state index contributed by atoms with van der Waals surface area (Å²) >= 11 is 0. The molecule has 0 aliphatic carbocycles. The summed E-state index contributed by atoms with van der Waals surface area (Å²) < 4.78 is 0. The molecule has 0 saturated carbocycles. The van der Waals surface area contributed by atoms with Crippen LogP contribution in [0.3, 0.4) is 0 Å². The normalized spacial score (nSPS) is 10.9. The Labute approximate surface area is 118 Å². The van der Waals surface area contributed by atoms with Gasteiger partial charge in [0.1, 0.15) is 5.60 Å². The second kappa shape index (κ2) is 8.02. The zero-order chi connectivity index (χ0) is 14.1. The first kappa shape index (κ1) is 15.8. The van der Waals surface area contributed by atoms with E-state index in [1.807, 2.05) is 18.2 Å². The summed E-state index contributed by atoms with van der Waals surface area (Å²) in [4.78, 5) is 0. The van der Waals surface area contributed by atoms with Gasteiger partial charge in [-0.15, -0.1) is 0 Å². The fourth-order valence-electron chi connectivity index (χ4n) is 2.09. The van der Waals surface area contributed by atoms with Gasteiger partial charge in [-0.1, -0.05) is 56.7 Å². The minimum absolute atomic E-state index is 0.780. The molecule has 0 unspecified atom stereocenters. The van der Waals surface area contributed by atoms with Gasteiger partial charge in [-0.05, 0) is 44.2 Å². The van der Waals surface area contributed by atoms with Gasteiger partial charge in [-0.3, -0.25) is 0 Å². The molecule has 0 saturated heterocycles. The molecule has 0 bridgehead atoms. The number of aliphatic hydroxyl groups is 1. The Balaban J connectivity index is 2.85. The summed E-state index contributed by atoms with van der Waals surface area (Å²) in [6, 6.07) is 8.08. The first-order valence-electron chi connectivity index (χ1n) is 7.42. The number of aryl methyl sites for hydroxylation is 1. The number of benzene rings is 1. The van der Waals surface area contributed by atoms with Crippen molar-refractivity contribution in [3.63, 3.8) is 0 Å². The molecule has 1 N–H and O–H groups in total. The molecule has 0 radical (unpaired) electrons. The molecule has 19 heavy (non-hydrogen) atoms. The second-order valence-electron chi connectivity index (χ2n) is 5.30. The maximum absolute atomic E-state index is 10.7. The monoisotopic (exact) mass is 258 g/mol. The zero-order valence-electron chi connectivity index (χ0n) is 12.5. The maximum atomic E-state index is 10.7. The van der Waals surface area contributed by atoms with E-state index in [0.29, 0.717) is 0 Å². The summed E-state index contributed by atoms with van der Waals surface area (Å²) in [6.07, 6.45) is 5.82. The van der Waals surface area contributed by atoms with Crippen LogP contribution in [-0.2, 0) is 0 Å². The average Bonchev–Trinajstić information content (AvgIpc) is 2.42. The van der Waals surface area contributed by atoms with E-state index in [1.165, 1.54) is 5.56 Å². The number of unbranched alkanes of at least 4 members (excludes halogenated alkanes) is 2. The molecule has 0 aliphatic rings. The second-order valence-corrected chi connectivity index (χ2v) is 5.30. The first-order valence-corrected chi connectivity index (χ1v) is 7.42. The van der Waals surface area contributed by atoms with Crippen molar-refractivity contribution in [2.24, 2.45) is 0 Å². The third kappa shape index (κ3) is 5.49. The highest BCUT2D eigenvalue weighted by Crippen LogP contribution is 2.21. The topological polar surface area (TPSA) is 20.2 Å². The predicted octanol–water partition coefficient (Wildman–Crippen LogP) is 4.46. The summed E-state index contributed by atoms with van der Waals surface area (Å²) in [6.45, 7) is 6.35. The molecule has 0 aliphatic heterocycles. The van der Waals surface area contributed by atoms with Gasteiger partial charge in [0.15, 0.2) is 0 Å². The van der Waals surface area contributed by atoms with Crippen LogP contribution in [0.5, 0.6) is 0 Å². The van der Waals surface area contributed by atoms with Crippen LogP contribution in [0.4, 0.5) is 0 Å². The highest BCUT2D eigenvalue weighted by molar-refractivity contribution is 5.41. The zero-order valence-corrected chi connectivity index (χ0v) is 12.5. The van der Waals surface area contributed by atoms with Gasteiger partial charge >= 0.3 is 0 Å². The molecule has 0 spiro atoms. The lowest BCUT2D eigenvalue weighted by Crippen LogP contribution is -2.26. The van der Waals surface area contributed by atoms with E-state index in [2.05, 4.69) is 38.7 Å². The van der Waals surface area contributed by atoms with Gasteiger partial charge in [0.05, 0.1) is 0 Å². The molecular formula is C18H26O. The Bertz CT molecular complexity index is 428. The van der Waals surface area contributed by atoms with Crippen LogP contribution in [0, 0.1) is 18.8 Å². The van der Waals surface area contributed by atoms with Crippen molar-refractivity contribution >= 4 is 0 Å². The molecule has 0 aromatic heterocycles. The lowest BCUT2D eigenvalue weighted by atomic mass is 9.91. The average molecular weight is 258 g/mol. The lowest BCUT2D eigenvalue weighted by molar-refractivity contribution is 0.0774. The van der Waals surface area contributed by atoms with Crippen LogP contribution >= 0.6 is 0 Å². The molecule has 0 atom stereocenters. The number of hydrogen-bond donors (Lipinski definition) is 1. The van der Waals surface area contributed by atoms with Crippen molar-refractivity contribution in [2.45, 2.75) is 64.9 Å². The van der Waals surface area contributed by atoms with Crippen molar-refractivity contribution < 1.29 is 5.11 Å².